The zero-order valence-electron chi connectivity index (χ0n) is 9.74. The Morgan fingerprint density at radius 1 is 1.33 bits per heavy atom. The van der Waals surface area contributed by atoms with Crippen LogP contribution in [0.2, 0.25) is 0 Å². The standard InChI is InChI=1S/C12H13NO4S/c1-7(14)13-10(12(16)17)6-18-11(13)8-2-4-9(15)5-3-8/h2-5,10-11,15H,6H2,1H3,(H,16,17). The van der Waals surface area contributed by atoms with E-state index >= 15 is 0 Å². The average molecular weight is 267 g/mol. The normalized spacial score (nSPS) is 23.1. The molecule has 2 rings (SSSR count). The molecule has 5 nitrogen and oxygen atoms in total. The molecule has 0 spiro atoms. The smallest absolute Gasteiger partial charge is 0.327 e. The van der Waals surface area contributed by atoms with Crippen molar-refractivity contribution in [3.05, 3.63) is 29.8 Å². The maximum atomic E-state index is 11.6. The third-order valence-corrected chi connectivity index (χ3v) is 4.15. The first-order chi connectivity index (χ1) is 8.50. The van der Waals surface area contributed by atoms with Crippen molar-refractivity contribution in [3.63, 3.8) is 0 Å². The number of hydrogen-bond acceptors (Lipinski definition) is 4. The first-order valence-corrected chi connectivity index (χ1v) is 6.48. The number of aliphatic carboxylic acids is 1. The van der Waals surface area contributed by atoms with Crippen LogP contribution >= 0.6 is 11.8 Å². The summed E-state index contributed by atoms with van der Waals surface area (Å²) in [5.74, 6) is -0.726. The first-order valence-electron chi connectivity index (χ1n) is 5.43. The van der Waals surface area contributed by atoms with E-state index in [2.05, 4.69) is 0 Å². The van der Waals surface area contributed by atoms with Crippen molar-refractivity contribution in [1.82, 2.24) is 4.90 Å². The highest BCUT2D eigenvalue weighted by molar-refractivity contribution is 7.99. The van der Waals surface area contributed by atoms with Crippen LogP contribution < -0.4 is 0 Å². The number of nitrogens with zero attached hydrogens (tertiary/aromatic N) is 1. The fourth-order valence-corrected chi connectivity index (χ4v) is 3.45. The maximum Gasteiger partial charge on any atom is 0.327 e. The van der Waals surface area contributed by atoms with Gasteiger partial charge in [-0.1, -0.05) is 12.1 Å². The molecule has 0 saturated carbocycles. The number of carbonyl (C=O) groups is 2. The van der Waals surface area contributed by atoms with Crippen molar-refractivity contribution in [2.24, 2.45) is 0 Å². The Kier molecular flexibility index (Phi) is 3.47. The Bertz CT molecular complexity index is 473. The van der Waals surface area contributed by atoms with Crippen LogP contribution in [-0.2, 0) is 9.59 Å². The molecule has 96 valence electrons. The van der Waals surface area contributed by atoms with E-state index in [4.69, 9.17) is 5.11 Å². The lowest BCUT2D eigenvalue weighted by Crippen LogP contribution is -2.41. The van der Waals surface area contributed by atoms with E-state index in [1.807, 2.05) is 0 Å². The molecule has 2 N–H and O–H groups in total. The van der Waals surface area contributed by atoms with E-state index in [-0.39, 0.29) is 17.0 Å². The monoisotopic (exact) mass is 267 g/mol. The van der Waals surface area contributed by atoms with Gasteiger partial charge in [0.05, 0.1) is 0 Å². The van der Waals surface area contributed by atoms with Crippen LogP contribution in [0.1, 0.15) is 17.9 Å². The Hall–Kier alpha value is -1.69. The van der Waals surface area contributed by atoms with Gasteiger partial charge in [0.2, 0.25) is 5.91 Å². The predicted octanol–water partition coefficient (Wildman–Crippen LogP) is 1.44. The fourth-order valence-electron chi connectivity index (χ4n) is 1.98. The molecule has 18 heavy (non-hydrogen) atoms. The minimum absolute atomic E-state index is 0.144. The summed E-state index contributed by atoms with van der Waals surface area (Å²) >= 11 is 1.42. The van der Waals surface area contributed by atoms with E-state index in [9.17, 15) is 14.7 Å². The number of thioether (sulfide) groups is 1. The van der Waals surface area contributed by atoms with Gasteiger partial charge >= 0.3 is 5.97 Å². The van der Waals surface area contributed by atoms with E-state index in [0.29, 0.717) is 5.75 Å². The quantitative estimate of drug-likeness (QED) is 0.847. The molecule has 2 unspecified atom stereocenters. The van der Waals surface area contributed by atoms with Gasteiger partial charge < -0.3 is 15.1 Å². The lowest BCUT2D eigenvalue weighted by Gasteiger charge is -2.26. The van der Waals surface area contributed by atoms with Crippen LogP contribution in [-0.4, -0.2) is 38.8 Å². The van der Waals surface area contributed by atoms with Crippen LogP contribution in [0.25, 0.3) is 0 Å². The summed E-state index contributed by atoms with van der Waals surface area (Å²) in [6, 6.07) is 5.68. The van der Waals surface area contributed by atoms with Gasteiger partial charge in [-0.05, 0) is 17.7 Å². The van der Waals surface area contributed by atoms with E-state index < -0.39 is 12.0 Å². The third kappa shape index (κ3) is 2.28. The average Bonchev–Trinajstić information content (AvgIpc) is 2.74. The van der Waals surface area contributed by atoms with Crippen molar-refractivity contribution < 1.29 is 19.8 Å². The number of amides is 1. The van der Waals surface area contributed by atoms with Gasteiger partial charge in [0.15, 0.2) is 0 Å². The highest BCUT2D eigenvalue weighted by Crippen LogP contribution is 2.41. The molecule has 0 aromatic heterocycles. The number of phenolic OH excluding ortho intramolecular Hbond substituents is 1. The molecule has 0 bridgehead atoms. The second-order valence-corrected chi connectivity index (χ2v) is 5.17. The number of phenols is 1. The molecule has 1 aromatic rings. The van der Waals surface area contributed by atoms with Gasteiger partial charge in [0.1, 0.15) is 17.2 Å². The zero-order chi connectivity index (χ0) is 13.3. The van der Waals surface area contributed by atoms with Crippen molar-refractivity contribution in [2.75, 3.05) is 5.75 Å². The van der Waals surface area contributed by atoms with Gasteiger partial charge in [-0.2, -0.15) is 0 Å². The Balaban J connectivity index is 2.30. The van der Waals surface area contributed by atoms with E-state index in [1.54, 1.807) is 12.1 Å². The predicted molar refractivity (Wildman–Crippen MR) is 67.2 cm³/mol. The van der Waals surface area contributed by atoms with Gasteiger partial charge in [-0.15, -0.1) is 11.8 Å². The molecule has 6 heteroatoms. The summed E-state index contributed by atoms with van der Waals surface area (Å²) in [7, 11) is 0. The molecule has 1 fully saturated rings. The largest absolute Gasteiger partial charge is 0.508 e. The molecule has 1 aliphatic rings. The molecule has 1 aliphatic heterocycles. The van der Waals surface area contributed by atoms with Gasteiger partial charge in [0, 0.05) is 12.7 Å². The summed E-state index contributed by atoms with van der Waals surface area (Å²) < 4.78 is 0. The molecule has 2 atom stereocenters. The zero-order valence-corrected chi connectivity index (χ0v) is 10.6. The molecule has 1 heterocycles. The highest BCUT2D eigenvalue weighted by atomic mass is 32.2. The van der Waals surface area contributed by atoms with Crippen LogP contribution in [0.3, 0.4) is 0 Å². The van der Waals surface area contributed by atoms with Crippen molar-refractivity contribution in [3.8, 4) is 5.75 Å². The fraction of sp³-hybridized carbons (Fsp3) is 0.333. The summed E-state index contributed by atoms with van der Waals surface area (Å²) in [5, 5.41) is 18.0. The lowest BCUT2D eigenvalue weighted by atomic mass is 10.1. The number of carboxylic acid groups (broad SMARTS) is 1. The van der Waals surface area contributed by atoms with Crippen LogP contribution in [0.4, 0.5) is 0 Å². The number of carbonyl (C=O) groups excluding carboxylic acids is 1. The number of carboxylic acids is 1. The van der Waals surface area contributed by atoms with Crippen LogP contribution in [0, 0.1) is 0 Å². The number of hydrogen-bond donors (Lipinski definition) is 2. The Labute approximate surface area is 108 Å². The summed E-state index contributed by atoms with van der Waals surface area (Å²) in [5.41, 5.74) is 0.816. The summed E-state index contributed by atoms with van der Waals surface area (Å²) in [4.78, 5) is 24.1. The third-order valence-electron chi connectivity index (χ3n) is 2.83. The van der Waals surface area contributed by atoms with Gasteiger partial charge in [0.25, 0.3) is 0 Å². The summed E-state index contributed by atoms with van der Waals surface area (Å²) in [6.07, 6.45) is 0. The first kappa shape index (κ1) is 12.8. The molecule has 0 aliphatic carbocycles. The minimum Gasteiger partial charge on any atom is -0.508 e. The molecule has 1 amide bonds. The van der Waals surface area contributed by atoms with E-state index in [1.165, 1.54) is 35.7 Å². The summed E-state index contributed by atoms with van der Waals surface area (Å²) in [6.45, 7) is 1.37. The molecule has 1 aromatic carbocycles. The van der Waals surface area contributed by atoms with E-state index in [0.717, 1.165) is 5.56 Å². The van der Waals surface area contributed by atoms with Crippen LogP contribution in [0.15, 0.2) is 24.3 Å². The molecular formula is C12H13NO4S. The van der Waals surface area contributed by atoms with Gasteiger partial charge in [-0.3, -0.25) is 4.79 Å². The number of rotatable bonds is 2. The Morgan fingerprint density at radius 3 is 2.44 bits per heavy atom. The minimum atomic E-state index is -0.987. The number of aromatic hydroxyl groups is 1. The second kappa shape index (κ2) is 4.89. The second-order valence-electron chi connectivity index (χ2n) is 4.06. The van der Waals surface area contributed by atoms with Crippen molar-refractivity contribution >= 4 is 23.6 Å². The maximum absolute atomic E-state index is 11.6. The van der Waals surface area contributed by atoms with Crippen molar-refractivity contribution in [1.29, 1.82) is 0 Å². The van der Waals surface area contributed by atoms with Crippen molar-refractivity contribution in [2.45, 2.75) is 18.3 Å². The van der Waals surface area contributed by atoms with Gasteiger partial charge in [-0.25, -0.2) is 4.79 Å². The topological polar surface area (TPSA) is 77.8 Å². The number of benzene rings is 1. The highest BCUT2D eigenvalue weighted by Gasteiger charge is 2.40. The SMILES string of the molecule is CC(=O)N1C(C(=O)O)CSC1c1ccc(O)cc1. The molecular weight excluding hydrogens is 254 g/mol. The molecule has 1 saturated heterocycles. The van der Waals surface area contributed by atoms with Crippen LogP contribution in [0.5, 0.6) is 5.75 Å². The lowest BCUT2D eigenvalue weighted by molar-refractivity contribution is -0.148. The Morgan fingerprint density at radius 2 is 1.94 bits per heavy atom. The molecule has 0 radical (unpaired) electrons.